The van der Waals surface area contributed by atoms with Crippen LogP contribution in [-0.4, -0.2) is 50.7 Å². The van der Waals surface area contributed by atoms with Crippen molar-refractivity contribution in [2.45, 2.75) is 44.2 Å². The summed E-state index contributed by atoms with van der Waals surface area (Å²) >= 11 is 0. The predicted octanol–water partition coefficient (Wildman–Crippen LogP) is 1.91. The van der Waals surface area contributed by atoms with Crippen molar-refractivity contribution in [2.75, 3.05) is 26.0 Å². The number of piperidine rings is 1. The number of rotatable bonds is 8. The molecule has 0 radical (unpaired) electrons. The second-order valence-electron chi connectivity index (χ2n) is 7.66. The van der Waals surface area contributed by atoms with Crippen molar-refractivity contribution >= 4 is 15.9 Å². The lowest BCUT2D eigenvalue weighted by Gasteiger charge is -2.42. The molecular weight excluding hydrogens is 352 g/mol. The van der Waals surface area contributed by atoms with Crippen LogP contribution in [0.2, 0.25) is 0 Å². The molecule has 1 heterocycles. The van der Waals surface area contributed by atoms with Gasteiger partial charge in [0, 0.05) is 18.6 Å². The van der Waals surface area contributed by atoms with Crippen LogP contribution in [0, 0.1) is 5.92 Å². The van der Waals surface area contributed by atoms with Gasteiger partial charge in [0.2, 0.25) is 15.9 Å². The first-order valence-corrected chi connectivity index (χ1v) is 11.1. The summed E-state index contributed by atoms with van der Waals surface area (Å²) in [5, 5.41) is 0. The first-order valence-electron chi connectivity index (χ1n) is 9.24. The maximum atomic E-state index is 12.4. The van der Waals surface area contributed by atoms with E-state index in [4.69, 9.17) is 4.74 Å². The minimum Gasteiger partial charge on any atom is -0.367 e. The molecule has 1 amide bonds. The monoisotopic (exact) mass is 380 g/mol. The largest absolute Gasteiger partial charge is 0.367 e. The van der Waals surface area contributed by atoms with E-state index in [1.54, 1.807) is 4.90 Å². The second kappa shape index (κ2) is 8.06. The maximum Gasteiger partial charge on any atom is 0.248 e. The van der Waals surface area contributed by atoms with E-state index in [0.29, 0.717) is 38.5 Å². The number of hydrogen-bond donors (Lipinski definition) is 1. The Hall–Kier alpha value is -1.44. The first kappa shape index (κ1) is 19.3. The number of amides is 1. The molecule has 1 aliphatic carbocycles. The van der Waals surface area contributed by atoms with Crippen LogP contribution in [0.25, 0.3) is 0 Å². The van der Waals surface area contributed by atoms with E-state index in [-0.39, 0.29) is 12.5 Å². The fraction of sp³-hybridized carbons (Fsp3) is 0.632. The van der Waals surface area contributed by atoms with Crippen molar-refractivity contribution < 1.29 is 17.9 Å². The molecule has 1 saturated carbocycles. The highest BCUT2D eigenvalue weighted by atomic mass is 32.2. The van der Waals surface area contributed by atoms with Gasteiger partial charge < -0.3 is 9.64 Å². The third-order valence-electron chi connectivity index (χ3n) is 5.19. The fourth-order valence-corrected chi connectivity index (χ4v) is 4.80. The molecule has 7 heteroatoms. The van der Waals surface area contributed by atoms with E-state index < -0.39 is 15.6 Å². The van der Waals surface area contributed by atoms with Crippen LogP contribution in [0.4, 0.5) is 0 Å². The molecule has 1 aliphatic heterocycles. The SMILES string of the molecule is CS(=O)(=O)NC1(CC2CC2)CCN(C(=O)COCc2ccccc2)CC1. The van der Waals surface area contributed by atoms with Gasteiger partial charge in [-0.25, -0.2) is 13.1 Å². The Kier molecular flexibility index (Phi) is 5.99. The molecule has 2 fully saturated rings. The van der Waals surface area contributed by atoms with E-state index >= 15 is 0 Å². The zero-order valence-electron chi connectivity index (χ0n) is 15.3. The summed E-state index contributed by atoms with van der Waals surface area (Å²) in [5.74, 6) is 0.598. The van der Waals surface area contributed by atoms with E-state index in [1.807, 2.05) is 30.3 Å². The van der Waals surface area contributed by atoms with Crippen LogP contribution in [0.3, 0.4) is 0 Å². The Labute approximate surface area is 156 Å². The lowest BCUT2D eigenvalue weighted by atomic mass is 9.83. The minimum atomic E-state index is -3.26. The number of benzene rings is 1. The summed E-state index contributed by atoms with van der Waals surface area (Å²) in [6.07, 6.45) is 5.80. The Morgan fingerprint density at radius 1 is 1.23 bits per heavy atom. The summed E-state index contributed by atoms with van der Waals surface area (Å²) < 4.78 is 32.0. The topological polar surface area (TPSA) is 75.7 Å². The van der Waals surface area contributed by atoms with Gasteiger partial charge in [0.25, 0.3) is 0 Å². The van der Waals surface area contributed by atoms with Crippen LogP contribution in [0.5, 0.6) is 0 Å². The predicted molar refractivity (Wildman–Crippen MR) is 100.0 cm³/mol. The van der Waals surface area contributed by atoms with Crippen molar-refractivity contribution in [1.82, 2.24) is 9.62 Å². The standard InChI is InChI=1S/C19H28N2O4S/c1-26(23,24)20-19(13-16-7-8-16)9-11-21(12-10-19)18(22)15-25-14-17-5-3-2-4-6-17/h2-6,16,20H,7-15H2,1H3. The molecule has 0 bridgehead atoms. The summed E-state index contributed by atoms with van der Waals surface area (Å²) in [7, 11) is -3.26. The zero-order chi connectivity index (χ0) is 18.6. The van der Waals surface area contributed by atoms with Crippen LogP contribution >= 0.6 is 0 Å². The van der Waals surface area contributed by atoms with Gasteiger partial charge in [0.1, 0.15) is 6.61 Å². The summed E-state index contributed by atoms with van der Waals surface area (Å²) in [6.45, 7) is 1.62. The maximum absolute atomic E-state index is 12.4. The molecule has 0 unspecified atom stereocenters. The first-order chi connectivity index (χ1) is 12.4. The smallest absolute Gasteiger partial charge is 0.248 e. The molecule has 0 spiro atoms. The van der Waals surface area contributed by atoms with Crippen LogP contribution < -0.4 is 4.72 Å². The summed E-state index contributed by atoms with van der Waals surface area (Å²) in [5.41, 5.74) is 0.649. The van der Waals surface area contributed by atoms with Crippen LogP contribution in [0.1, 0.15) is 37.7 Å². The molecule has 1 saturated heterocycles. The highest BCUT2D eigenvalue weighted by Crippen LogP contribution is 2.40. The summed E-state index contributed by atoms with van der Waals surface area (Å²) in [6, 6.07) is 9.77. The van der Waals surface area contributed by atoms with Gasteiger partial charge in [-0.15, -0.1) is 0 Å². The average molecular weight is 381 g/mol. The zero-order valence-corrected chi connectivity index (χ0v) is 16.1. The van der Waals surface area contributed by atoms with E-state index in [9.17, 15) is 13.2 Å². The van der Waals surface area contributed by atoms with Crippen molar-refractivity contribution in [3.63, 3.8) is 0 Å². The molecule has 1 aromatic rings. The lowest BCUT2D eigenvalue weighted by molar-refractivity contribution is -0.138. The van der Waals surface area contributed by atoms with Crippen LogP contribution in [-0.2, 0) is 26.2 Å². The van der Waals surface area contributed by atoms with Crippen molar-refractivity contribution in [3.8, 4) is 0 Å². The van der Waals surface area contributed by atoms with Gasteiger partial charge >= 0.3 is 0 Å². The second-order valence-corrected chi connectivity index (χ2v) is 9.41. The number of likely N-dealkylation sites (tertiary alicyclic amines) is 1. The third kappa shape index (κ3) is 5.79. The number of nitrogens with zero attached hydrogens (tertiary/aromatic N) is 1. The van der Waals surface area contributed by atoms with E-state index in [1.165, 1.54) is 19.1 Å². The lowest BCUT2D eigenvalue weighted by Crippen LogP contribution is -2.56. The molecule has 144 valence electrons. The van der Waals surface area contributed by atoms with Crippen LogP contribution in [0.15, 0.2) is 30.3 Å². The number of carbonyl (C=O) groups is 1. The normalized spacial score (nSPS) is 20.1. The molecule has 1 N–H and O–H groups in total. The van der Waals surface area contributed by atoms with Gasteiger partial charge in [-0.3, -0.25) is 4.79 Å². The van der Waals surface area contributed by atoms with Gasteiger partial charge in [-0.1, -0.05) is 43.2 Å². The van der Waals surface area contributed by atoms with Gasteiger partial charge in [-0.2, -0.15) is 0 Å². The summed E-state index contributed by atoms with van der Waals surface area (Å²) in [4.78, 5) is 14.2. The quantitative estimate of drug-likeness (QED) is 0.748. The number of hydrogen-bond acceptors (Lipinski definition) is 4. The molecule has 1 aromatic carbocycles. The Balaban J connectivity index is 1.48. The molecule has 0 aromatic heterocycles. The number of ether oxygens (including phenoxy) is 1. The fourth-order valence-electron chi connectivity index (χ4n) is 3.72. The number of nitrogens with one attached hydrogen (secondary N) is 1. The molecule has 26 heavy (non-hydrogen) atoms. The Morgan fingerprint density at radius 2 is 1.88 bits per heavy atom. The number of carbonyl (C=O) groups excluding carboxylic acids is 1. The van der Waals surface area contributed by atoms with Gasteiger partial charge in [0.05, 0.1) is 12.9 Å². The van der Waals surface area contributed by atoms with Crippen molar-refractivity contribution in [1.29, 1.82) is 0 Å². The minimum absolute atomic E-state index is 0.0275. The van der Waals surface area contributed by atoms with Crippen molar-refractivity contribution in [3.05, 3.63) is 35.9 Å². The average Bonchev–Trinajstić information content (AvgIpc) is 3.38. The van der Waals surface area contributed by atoms with Gasteiger partial charge in [0.15, 0.2) is 0 Å². The highest BCUT2D eigenvalue weighted by molar-refractivity contribution is 7.88. The third-order valence-corrected chi connectivity index (χ3v) is 5.99. The number of sulfonamides is 1. The van der Waals surface area contributed by atoms with E-state index in [0.717, 1.165) is 12.0 Å². The molecule has 3 rings (SSSR count). The molecule has 6 nitrogen and oxygen atoms in total. The molecule has 0 atom stereocenters. The van der Waals surface area contributed by atoms with Gasteiger partial charge in [-0.05, 0) is 30.7 Å². The highest BCUT2D eigenvalue weighted by Gasteiger charge is 2.41. The van der Waals surface area contributed by atoms with Crippen molar-refractivity contribution in [2.24, 2.45) is 5.92 Å². The molecule has 2 aliphatic rings. The Bertz CT molecular complexity index is 708. The molecular formula is C19H28N2O4S. The van der Waals surface area contributed by atoms with E-state index in [2.05, 4.69) is 4.72 Å². The Morgan fingerprint density at radius 3 is 2.46 bits per heavy atom.